The summed E-state index contributed by atoms with van der Waals surface area (Å²) in [6.07, 6.45) is 0.741. The van der Waals surface area contributed by atoms with E-state index in [0.717, 1.165) is 34.6 Å². The summed E-state index contributed by atoms with van der Waals surface area (Å²) in [5.41, 5.74) is 2.64. The van der Waals surface area contributed by atoms with Crippen LogP contribution >= 0.6 is 0 Å². The maximum atomic E-state index is 13.9. The topological polar surface area (TPSA) is 75.6 Å². The van der Waals surface area contributed by atoms with Crippen LogP contribution in [0.2, 0.25) is 0 Å². The largest absolute Gasteiger partial charge is 0.417 e. The van der Waals surface area contributed by atoms with Crippen molar-refractivity contribution in [1.29, 1.82) is 0 Å². The molecule has 0 saturated heterocycles. The predicted molar refractivity (Wildman–Crippen MR) is 162 cm³/mol. The Kier molecular flexibility index (Phi) is 11.0. The summed E-state index contributed by atoms with van der Waals surface area (Å²) in [6, 6.07) is 23.8. The fraction of sp³-hybridized carbons (Fsp3) is 0.235. The number of rotatable bonds is 12. The fourth-order valence-electron chi connectivity index (χ4n) is 4.54. The van der Waals surface area contributed by atoms with E-state index in [1.165, 1.54) is 28.0 Å². The van der Waals surface area contributed by atoms with Crippen molar-refractivity contribution in [3.8, 4) is 11.3 Å². The third kappa shape index (κ3) is 8.84. The lowest BCUT2D eigenvalue weighted by molar-refractivity contribution is -0.143. The number of hydrogen-bond donors (Lipinski definition) is 0. The molecule has 0 bridgehead atoms. The van der Waals surface area contributed by atoms with Gasteiger partial charge in [-0.3, -0.25) is 19.6 Å². The summed E-state index contributed by atoms with van der Waals surface area (Å²) in [5.74, 6) is -0.764. The molecule has 0 unspecified atom stereocenters. The average molecular weight is 603 g/mol. The van der Waals surface area contributed by atoms with E-state index in [1.807, 2.05) is 72.8 Å². The molecule has 4 aromatic rings. The summed E-state index contributed by atoms with van der Waals surface area (Å²) in [6.45, 7) is 0.753. The van der Waals surface area contributed by atoms with Crippen LogP contribution in [0.15, 0.2) is 103 Å². The van der Waals surface area contributed by atoms with E-state index in [0.29, 0.717) is 13.2 Å². The number of benzene rings is 2. The minimum atomic E-state index is -4.52. The molecule has 44 heavy (non-hydrogen) atoms. The highest BCUT2D eigenvalue weighted by molar-refractivity contribution is 5.95. The molecule has 0 spiro atoms. The fourth-order valence-corrected chi connectivity index (χ4v) is 4.54. The molecule has 0 aliphatic heterocycles. The first kappa shape index (κ1) is 32.1. The SMILES string of the molecule is COCCN(C)C(=O)[C@H](Cc1ccccc1)N(Cc1ccc(-c2ccccn2)cc1)C(=O)/C=C/c1ccc(C(F)(F)F)cn1. The molecular formula is C34H33F3N4O3. The van der Waals surface area contributed by atoms with Crippen molar-refractivity contribution in [2.75, 3.05) is 27.3 Å². The third-order valence-electron chi connectivity index (χ3n) is 7.00. The molecular weight excluding hydrogens is 569 g/mol. The zero-order chi connectivity index (χ0) is 31.5. The molecule has 2 heterocycles. The Morgan fingerprint density at radius 1 is 0.909 bits per heavy atom. The van der Waals surface area contributed by atoms with Crippen LogP contribution in [-0.2, 0) is 33.5 Å². The molecule has 228 valence electrons. The number of hydrogen-bond acceptors (Lipinski definition) is 5. The molecule has 0 aliphatic carbocycles. The van der Waals surface area contributed by atoms with Crippen molar-refractivity contribution >= 4 is 17.9 Å². The standard InChI is InChI=1S/C34H33F3N4O3/c1-40(20-21-44-2)33(43)31(22-25-8-4-3-5-9-25)41(24-26-11-13-27(14-12-26)30-10-6-7-19-38-30)32(42)18-17-29-16-15-28(23-39-29)34(35,36)37/h3-19,23,31H,20-22,24H2,1-2H3/b18-17+/t31-/m0/s1. The molecule has 0 fully saturated rings. The molecule has 0 radical (unpaired) electrons. The molecule has 2 aromatic carbocycles. The minimum absolute atomic E-state index is 0.105. The Bertz CT molecular complexity index is 1530. The van der Waals surface area contributed by atoms with Gasteiger partial charge in [-0.05, 0) is 41.5 Å². The second kappa shape index (κ2) is 15.1. The maximum absolute atomic E-state index is 13.9. The lowest BCUT2D eigenvalue weighted by Crippen LogP contribution is -2.51. The molecule has 2 aromatic heterocycles. The normalized spacial score (nSPS) is 12.2. The molecule has 0 aliphatic rings. The van der Waals surface area contributed by atoms with Gasteiger partial charge in [0.1, 0.15) is 6.04 Å². The highest BCUT2D eigenvalue weighted by atomic mass is 19.4. The first-order valence-electron chi connectivity index (χ1n) is 14.0. The monoisotopic (exact) mass is 602 g/mol. The number of carbonyl (C=O) groups excluding carboxylic acids is 2. The lowest BCUT2D eigenvalue weighted by atomic mass is 10.0. The van der Waals surface area contributed by atoms with Gasteiger partial charge in [0.05, 0.1) is 23.6 Å². The number of alkyl halides is 3. The smallest absolute Gasteiger partial charge is 0.383 e. The van der Waals surface area contributed by atoms with Crippen LogP contribution in [-0.4, -0.2) is 64.9 Å². The minimum Gasteiger partial charge on any atom is -0.383 e. The maximum Gasteiger partial charge on any atom is 0.417 e. The van der Waals surface area contributed by atoms with Gasteiger partial charge in [-0.2, -0.15) is 13.2 Å². The number of amides is 2. The van der Waals surface area contributed by atoms with E-state index < -0.39 is 23.7 Å². The Morgan fingerprint density at radius 3 is 2.25 bits per heavy atom. The van der Waals surface area contributed by atoms with Crippen LogP contribution in [0.4, 0.5) is 13.2 Å². The van der Waals surface area contributed by atoms with Gasteiger partial charge in [-0.25, -0.2) is 0 Å². The summed E-state index contributed by atoms with van der Waals surface area (Å²) in [7, 11) is 3.20. The molecule has 0 N–H and O–H groups in total. The number of carbonyl (C=O) groups is 2. The number of aromatic nitrogens is 2. The molecule has 2 amide bonds. The number of methoxy groups -OCH3 is 1. The molecule has 0 saturated carbocycles. The number of likely N-dealkylation sites (N-methyl/N-ethyl adjacent to an activating group) is 1. The van der Waals surface area contributed by atoms with Gasteiger partial charge in [0.15, 0.2) is 0 Å². The zero-order valence-electron chi connectivity index (χ0n) is 24.4. The lowest BCUT2D eigenvalue weighted by Gasteiger charge is -2.33. The number of nitrogens with zero attached hydrogens (tertiary/aromatic N) is 4. The van der Waals surface area contributed by atoms with Crippen molar-refractivity contribution in [3.05, 3.63) is 126 Å². The Balaban J connectivity index is 1.67. The average Bonchev–Trinajstić information content (AvgIpc) is 3.04. The number of halogens is 3. The molecule has 7 nitrogen and oxygen atoms in total. The van der Waals surface area contributed by atoms with Crippen LogP contribution in [0, 0.1) is 0 Å². The van der Waals surface area contributed by atoms with Crippen LogP contribution in [0.1, 0.15) is 22.4 Å². The van der Waals surface area contributed by atoms with Gasteiger partial charge in [-0.1, -0.05) is 60.7 Å². The Morgan fingerprint density at radius 2 is 1.64 bits per heavy atom. The highest BCUT2D eigenvalue weighted by Crippen LogP contribution is 2.28. The van der Waals surface area contributed by atoms with Crippen molar-refractivity contribution in [1.82, 2.24) is 19.8 Å². The number of ether oxygens (including phenoxy) is 1. The van der Waals surface area contributed by atoms with Crippen LogP contribution < -0.4 is 0 Å². The Labute approximate surface area is 254 Å². The Hall–Kier alpha value is -4.83. The van der Waals surface area contributed by atoms with E-state index in [1.54, 1.807) is 20.4 Å². The molecule has 4 rings (SSSR count). The predicted octanol–water partition coefficient (Wildman–Crippen LogP) is 5.92. The van der Waals surface area contributed by atoms with E-state index in [2.05, 4.69) is 9.97 Å². The van der Waals surface area contributed by atoms with Gasteiger partial charge in [0.25, 0.3) is 0 Å². The second-order valence-corrected chi connectivity index (χ2v) is 10.1. The highest BCUT2D eigenvalue weighted by Gasteiger charge is 2.32. The van der Waals surface area contributed by atoms with Crippen LogP contribution in [0.25, 0.3) is 17.3 Å². The van der Waals surface area contributed by atoms with Crippen molar-refractivity contribution < 1.29 is 27.5 Å². The van der Waals surface area contributed by atoms with Gasteiger partial charge < -0.3 is 14.5 Å². The van der Waals surface area contributed by atoms with Crippen molar-refractivity contribution in [3.63, 3.8) is 0 Å². The van der Waals surface area contributed by atoms with E-state index in [-0.39, 0.29) is 24.6 Å². The van der Waals surface area contributed by atoms with Gasteiger partial charge in [-0.15, -0.1) is 0 Å². The van der Waals surface area contributed by atoms with Gasteiger partial charge in [0.2, 0.25) is 11.8 Å². The van der Waals surface area contributed by atoms with Crippen molar-refractivity contribution in [2.45, 2.75) is 25.2 Å². The quantitative estimate of drug-likeness (QED) is 0.188. The zero-order valence-corrected chi connectivity index (χ0v) is 24.4. The van der Waals surface area contributed by atoms with E-state index in [4.69, 9.17) is 4.74 Å². The second-order valence-electron chi connectivity index (χ2n) is 10.1. The summed E-state index contributed by atoms with van der Waals surface area (Å²) in [5, 5.41) is 0. The van der Waals surface area contributed by atoms with Crippen molar-refractivity contribution in [2.24, 2.45) is 0 Å². The summed E-state index contributed by atoms with van der Waals surface area (Å²) >= 11 is 0. The van der Waals surface area contributed by atoms with Gasteiger partial charge in [0, 0.05) is 57.7 Å². The first-order valence-corrected chi connectivity index (χ1v) is 14.0. The summed E-state index contributed by atoms with van der Waals surface area (Å²) < 4.78 is 44.1. The third-order valence-corrected chi connectivity index (χ3v) is 7.00. The first-order chi connectivity index (χ1) is 21.2. The van der Waals surface area contributed by atoms with E-state index in [9.17, 15) is 22.8 Å². The number of pyridine rings is 2. The molecule has 10 heteroatoms. The van der Waals surface area contributed by atoms with Gasteiger partial charge >= 0.3 is 6.18 Å². The van der Waals surface area contributed by atoms with Crippen LogP contribution in [0.5, 0.6) is 0 Å². The van der Waals surface area contributed by atoms with Crippen LogP contribution in [0.3, 0.4) is 0 Å². The summed E-state index contributed by atoms with van der Waals surface area (Å²) in [4.78, 5) is 38.9. The molecule has 1 atom stereocenters. The van der Waals surface area contributed by atoms with E-state index >= 15 is 0 Å².